The zero-order chi connectivity index (χ0) is 24.6. The molecule has 4 rings (SSSR count). The molecular formula is C24H21ClF3N5O. The second-order valence-corrected chi connectivity index (χ2v) is 8.34. The van der Waals surface area contributed by atoms with E-state index >= 15 is 0 Å². The van der Waals surface area contributed by atoms with Gasteiger partial charge in [0.05, 0.1) is 34.7 Å². The molecule has 0 aliphatic heterocycles. The van der Waals surface area contributed by atoms with Gasteiger partial charge in [0, 0.05) is 6.07 Å². The molecule has 0 fully saturated rings. The van der Waals surface area contributed by atoms with Gasteiger partial charge in [0.1, 0.15) is 11.0 Å². The number of nitrogens with one attached hydrogen (secondary N) is 1. The number of benzene rings is 2. The molecule has 34 heavy (non-hydrogen) atoms. The second kappa shape index (κ2) is 8.98. The first-order valence-corrected chi connectivity index (χ1v) is 10.7. The average Bonchev–Trinajstić information content (AvgIpc) is 3.27. The number of hydrogen-bond acceptors (Lipinski definition) is 3. The van der Waals surface area contributed by atoms with Crippen molar-refractivity contribution in [3.05, 3.63) is 93.4 Å². The standard InChI is InChI=1S/C24H21ClF3N5O/c1-14-7-9-17(10-8-14)13-32-22(25)21(16(3)31-32)23(34)29-20-11-15(2)30-33(20)19-6-4-5-18(12-19)24(26,27)28/h4-12H,13H2,1-3H3,(H,29,34). The summed E-state index contributed by atoms with van der Waals surface area (Å²) in [6.45, 7) is 5.72. The van der Waals surface area contributed by atoms with Gasteiger partial charge in [-0.3, -0.25) is 4.79 Å². The first kappa shape index (κ1) is 23.6. The van der Waals surface area contributed by atoms with Crippen LogP contribution in [0.4, 0.5) is 19.0 Å². The molecule has 0 aliphatic carbocycles. The summed E-state index contributed by atoms with van der Waals surface area (Å²) < 4.78 is 42.3. The van der Waals surface area contributed by atoms with E-state index in [2.05, 4.69) is 15.5 Å². The van der Waals surface area contributed by atoms with Gasteiger partial charge in [0.15, 0.2) is 0 Å². The lowest BCUT2D eigenvalue weighted by Crippen LogP contribution is -2.16. The van der Waals surface area contributed by atoms with Gasteiger partial charge in [0.25, 0.3) is 5.91 Å². The Balaban J connectivity index is 1.62. The number of anilines is 1. The number of alkyl halides is 3. The normalized spacial score (nSPS) is 11.6. The number of nitrogens with zero attached hydrogens (tertiary/aromatic N) is 4. The molecule has 2 aromatic carbocycles. The van der Waals surface area contributed by atoms with E-state index in [1.165, 1.54) is 21.5 Å². The van der Waals surface area contributed by atoms with Crippen LogP contribution in [0.1, 0.15) is 38.4 Å². The van der Waals surface area contributed by atoms with Crippen molar-refractivity contribution in [2.24, 2.45) is 0 Å². The van der Waals surface area contributed by atoms with Crippen molar-refractivity contribution in [2.75, 3.05) is 5.32 Å². The van der Waals surface area contributed by atoms with Gasteiger partial charge in [-0.25, -0.2) is 9.36 Å². The molecule has 0 atom stereocenters. The van der Waals surface area contributed by atoms with Gasteiger partial charge >= 0.3 is 6.18 Å². The van der Waals surface area contributed by atoms with Gasteiger partial charge in [-0.1, -0.05) is 47.5 Å². The smallest absolute Gasteiger partial charge is 0.306 e. The van der Waals surface area contributed by atoms with E-state index in [0.29, 0.717) is 17.9 Å². The van der Waals surface area contributed by atoms with Crippen LogP contribution in [0.3, 0.4) is 0 Å². The first-order chi connectivity index (χ1) is 16.0. The molecule has 0 aliphatic rings. The molecule has 176 valence electrons. The Labute approximate surface area is 199 Å². The number of rotatable bonds is 5. The molecule has 2 aromatic heterocycles. The van der Waals surface area contributed by atoms with Crippen molar-refractivity contribution < 1.29 is 18.0 Å². The summed E-state index contributed by atoms with van der Waals surface area (Å²) in [6.07, 6.45) is -4.50. The highest BCUT2D eigenvalue weighted by Crippen LogP contribution is 2.31. The second-order valence-electron chi connectivity index (χ2n) is 7.98. The zero-order valence-electron chi connectivity index (χ0n) is 18.6. The Morgan fingerprint density at radius 2 is 1.74 bits per heavy atom. The van der Waals surface area contributed by atoms with Crippen LogP contribution in [-0.4, -0.2) is 25.5 Å². The van der Waals surface area contributed by atoms with Crippen molar-refractivity contribution in [2.45, 2.75) is 33.5 Å². The Kier molecular flexibility index (Phi) is 6.22. The molecule has 1 N–H and O–H groups in total. The molecular weight excluding hydrogens is 467 g/mol. The molecule has 0 saturated carbocycles. The monoisotopic (exact) mass is 487 g/mol. The highest BCUT2D eigenvalue weighted by molar-refractivity contribution is 6.33. The Morgan fingerprint density at radius 1 is 1.03 bits per heavy atom. The van der Waals surface area contributed by atoms with Crippen molar-refractivity contribution in [1.82, 2.24) is 19.6 Å². The SMILES string of the molecule is Cc1ccc(Cn2nc(C)c(C(=O)Nc3cc(C)nn3-c3cccc(C(F)(F)F)c3)c2Cl)cc1. The fourth-order valence-corrected chi connectivity index (χ4v) is 3.88. The van der Waals surface area contributed by atoms with E-state index in [-0.39, 0.29) is 22.2 Å². The van der Waals surface area contributed by atoms with Crippen LogP contribution in [0.15, 0.2) is 54.6 Å². The van der Waals surface area contributed by atoms with Crippen molar-refractivity contribution in [3.63, 3.8) is 0 Å². The fourth-order valence-electron chi connectivity index (χ4n) is 3.56. The molecule has 0 bridgehead atoms. The van der Waals surface area contributed by atoms with Crippen LogP contribution in [0.2, 0.25) is 5.15 Å². The van der Waals surface area contributed by atoms with E-state index in [9.17, 15) is 18.0 Å². The summed E-state index contributed by atoms with van der Waals surface area (Å²) in [5, 5.41) is 11.5. The lowest BCUT2D eigenvalue weighted by atomic mass is 10.1. The van der Waals surface area contributed by atoms with Gasteiger partial charge in [0.2, 0.25) is 0 Å². The van der Waals surface area contributed by atoms with Crippen LogP contribution >= 0.6 is 11.6 Å². The maximum atomic E-state index is 13.2. The summed E-state index contributed by atoms with van der Waals surface area (Å²) in [4.78, 5) is 13.1. The minimum absolute atomic E-state index is 0.163. The van der Waals surface area contributed by atoms with Crippen LogP contribution in [-0.2, 0) is 12.7 Å². The molecule has 0 saturated heterocycles. The zero-order valence-corrected chi connectivity index (χ0v) is 19.4. The molecule has 1 amide bonds. The third-order valence-electron chi connectivity index (χ3n) is 5.24. The van der Waals surface area contributed by atoms with Crippen molar-refractivity contribution >= 4 is 23.3 Å². The summed E-state index contributed by atoms with van der Waals surface area (Å²) >= 11 is 6.50. The third kappa shape index (κ3) is 4.84. The molecule has 0 unspecified atom stereocenters. The summed E-state index contributed by atoms with van der Waals surface area (Å²) in [6, 6.07) is 14.2. The minimum atomic E-state index is -4.50. The first-order valence-electron chi connectivity index (χ1n) is 10.4. The maximum Gasteiger partial charge on any atom is 0.416 e. The number of aromatic nitrogens is 4. The molecule has 6 nitrogen and oxygen atoms in total. The van der Waals surface area contributed by atoms with E-state index in [1.54, 1.807) is 19.9 Å². The van der Waals surface area contributed by atoms with Crippen molar-refractivity contribution in [1.29, 1.82) is 0 Å². The third-order valence-corrected chi connectivity index (χ3v) is 5.62. The van der Waals surface area contributed by atoms with E-state index in [4.69, 9.17) is 11.6 Å². The van der Waals surface area contributed by atoms with Crippen LogP contribution in [0.25, 0.3) is 5.69 Å². The molecule has 2 heterocycles. The average molecular weight is 488 g/mol. The lowest BCUT2D eigenvalue weighted by molar-refractivity contribution is -0.137. The number of amides is 1. The number of hydrogen-bond donors (Lipinski definition) is 1. The van der Waals surface area contributed by atoms with Gasteiger partial charge in [-0.2, -0.15) is 23.4 Å². The molecule has 10 heteroatoms. The van der Waals surface area contributed by atoms with Gasteiger partial charge < -0.3 is 5.32 Å². The highest BCUT2D eigenvalue weighted by Gasteiger charge is 2.31. The van der Waals surface area contributed by atoms with Crippen molar-refractivity contribution in [3.8, 4) is 5.69 Å². The van der Waals surface area contributed by atoms with Crippen LogP contribution in [0, 0.1) is 20.8 Å². The molecule has 0 spiro atoms. The predicted octanol–water partition coefficient (Wildman–Crippen LogP) is 5.97. The van der Waals surface area contributed by atoms with Gasteiger partial charge in [-0.05, 0) is 44.5 Å². The summed E-state index contributed by atoms with van der Waals surface area (Å²) in [5.74, 6) is -0.325. The van der Waals surface area contributed by atoms with Crippen LogP contribution in [0.5, 0.6) is 0 Å². The largest absolute Gasteiger partial charge is 0.416 e. The topological polar surface area (TPSA) is 64.7 Å². The minimum Gasteiger partial charge on any atom is -0.306 e. The lowest BCUT2D eigenvalue weighted by Gasteiger charge is -2.12. The number of halogens is 4. The van der Waals surface area contributed by atoms with E-state index in [1.807, 2.05) is 31.2 Å². The number of carbonyl (C=O) groups is 1. The summed E-state index contributed by atoms with van der Waals surface area (Å²) in [7, 11) is 0. The summed E-state index contributed by atoms with van der Waals surface area (Å²) in [5.41, 5.74) is 2.58. The number of carbonyl (C=O) groups excluding carboxylic acids is 1. The quantitative estimate of drug-likeness (QED) is 0.377. The Bertz CT molecular complexity index is 1360. The Hall–Kier alpha value is -3.59. The molecule has 4 aromatic rings. The van der Waals surface area contributed by atoms with E-state index in [0.717, 1.165) is 23.3 Å². The van der Waals surface area contributed by atoms with E-state index < -0.39 is 17.6 Å². The molecule has 0 radical (unpaired) electrons. The Morgan fingerprint density at radius 3 is 2.41 bits per heavy atom. The van der Waals surface area contributed by atoms with Gasteiger partial charge in [-0.15, -0.1) is 0 Å². The maximum absolute atomic E-state index is 13.2. The fraction of sp³-hybridized carbons (Fsp3) is 0.208. The highest BCUT2D eigenvalue weighted by atomic mass is 35.5. The van der Waals surface area contributed by atoms with Crippen LogP contribution < -0.4 is 5.32 Å². The number of aryl methyl sites for hydroxylation is 3. The predicted molar refractivity (Wildman–Crippen MR) is 124 cm³/mol.